The second-order valence-electron chi connectivity index (χ2n) is 5.99. The van der Waals surface area contributed by atoms with Crippen molar-refractivity contribution in [2.75, 3.05) is 19.6 Å². The standard InChI is InChI=1S/C19H23ClN4/c1-2-21-19(22-10-9-14-7-8-18(20)23-12-14)24-13-16-11-15-5-3-4-6-17(15)16/h3-8,12,16H,2,9-11,13H2,1H3,(H2,21,22,24). The minimum absolute atomic E-state index is 0.530. The SMILES string of the molecule is CCNC(=NCC1Cc2ccccc21)NCCc1ccc(Cl)nc1. The van der Waals surface area contributed by atoms with E-state index >= 15 is 0 Å². The molecule has 4 nitrogen and oxygen atoms in total. The van der Waals surface area contributed by atoms with E-state index in [1.165, 1.54) is 11.1 Å². The Morgan fingerprint density at radius 3 is 2.88 bits per heavy atom. The summed E-state index contributed by atoms with van der Waals surface area (Å²) >= 11 is 5.81. The summed E-state index contributed by atoms with van der Waals surface area (Å²) in [5.41, 5.74) is 4.07. The molecule has 0 aliphatic heterocycles. The third kappa shape index (κ3) is 4.26. The molecule has 126 valence electrons. The molecular formula is C19H23ClN4. The molecule has 1 aliphatic carbocycles. The molecule has 3 rings (SSSR count). The molecule has 0 spiro atoms. The van der Waals surface area contributed by atoms with Crippen LogP contribution in [0.3, 0.4) is 0 Å². The van der Waals surface area contributed by atoms with Crippen molar-refractivity contribution in [1.82, 2.24) is 15.6 Å². The summed E-state index contributed by atoms with van der Waals surface area (Å²) in [6, 6.07) is 12.5. The van der Waals surface area contributed by atoms with Crippen molar-refractivity contribution in [3.05, 3.63) is 64.4 Å². The van der Waals surface area contributed by atoms with Gasteiger partial charge >= 0.3 is 0 Å². The number of nitrogens with one attached hydrogen (secondary N) is 2. The van der Waals surface area contributed by atoms with Crippen LogP contribution in [0, 0.1) is 0 Å². The Labute approximate surface area is 148 Å². The van der Waals surface area contributed by atoms with Gasteiger partial charge in [-0.25, -0.2) is 4.98 Å². The predicted octanol–water partition coefficient (Wildman–Crippen LogP) is 3.17. The lowest BCUT2D eigenvalue weighted by molar-refractivity contribution is 0.614. The fourth-order valence-corrected chi connectivity index (χ4v) is 3.06. The summed E-state index contributed by atoms with van der Waals surface area (Å²) in [7, 11) is 0. The third-order valence-corrected chi connectivity index (χ3v) is 4.49. The molecule has 0 saturated carbocycles. The van der Waals surface area contributed by atoms with Gasteiger partial charge in [-0.15, -0.1) is 0 Å². The van der Waals surface area contributed by atoms with Crippen molar-refractivity contribution >= 4 is 17.6 Å². The second kappa shape index (κ2) is 8.15. The van der Waals surface area contributed by atoms with Gasteiger partial charge in [0.25, 0.3) is 0 Å². The van der Waals surface area contributed by atoms with Crippen LogP contribution in [0.25, 0.3) is 0 Å². The highest BCUT2D eigenvalue weighted by molar-refractivity contribution is 6.29. The first-order valence-corrected chi connectivity index (χ1v) is 8.84. The first-order valence-electron chi connectivity index (χ1n) is 8.46. The zero-order valence-electron chi connectivity index (χ0n) is 13.9. The first kappa shape index (κ1) is 16.8. The summed E-state index contributed by atoms with van der Waals surface area (Å²) < 4.78 is 0. The van der Waals surface area contributed by atoms with Gasteiger partial charge in [-0.2, -0.15) is 0 Å². The number of fused-ring (bicyclic) bond motifs is 1. The molecule has 0 radical (unpaired) electrons. The Morgan fingerprint density at radius 1 is 1.25 bits per heavy atom. The minimum Gasteiger partial charge on any atom is -0.357 e. The molecule has 0 bridgehead atoms. The Kier molecular flexibility index (Phi) is 5.70. The molecule has 0 saturated heterocycles. The largest absolute Gasteiger partial charge is 0.357 e. The van der Waals surface area contributed by atoms with Crippen molar-refractivity contribution in [3.63, 3.8) is 0 Å². The van der Waals surface area contributed by atoms with Crippen LogP contribution in [-0.2, 0) is 12.8 Å². The molecule has 1 aromatic carbocycles. The first-order chi connectivity index (χ1) is 11.8. The van der Waals surface area contributed by atoms with Crippen LogP contribution >= 0.6 is 11.6 Å². The van der Waals surface area contributed by atoms with Gasteiger partial charge in [0.1, 0.15) is 5.15 Å². The maximum atomic E-state index is 5.81. The number of rotatable bonds is 6. The van der Waals surface area contributed by atoms with Crippen molar-refractivity contribution in [2.45, 2.75) is 25.7 Å². The lowest BCUT2D eigenvalue weighted by Gasteiger charge is -2.28. The number of halogens is 1. The van der Waals surface area contributed by atoms with Crippen molar-refractivity contribution in [3.8, 4) is 0 Å². The number of hydrogen-bond donors (Lipinski definition) is 2. The summed E-state index contributed by atoms with van der Waals surface area (Å²) in [6.45, 7) is 4.58. The third-order valence-electron chi connectivity index (χ3n) is 4.27. The van der Waals surface area contributed by atoms with Crippen LogP contribution in [-0.4, -0.2) is 30.6 Å². The second-order valence-corrected chi connectivity index (χ2v) is 6.37. The number of aromatic nitrogens is 1. The molecule has 0 fully saturated rings. The van der Waals surface area contributed by atoms with E-state index in [0.717, 1.165) is 44.0 Å². The topological polar surface area (TPSA) is 49.3 Å². The molecule has 0 amide bonds. The number of hydrogen-bond acceptors (Lipinski definition) is 2. The fraction of sp³-hybridized carbons (Fsp3) is 0.368. The molecular weight excluding hydrogens is 320 g/mol. The van der Waals surface area contributed by atoms with Crippen molar-refractivity contribution in [2.24, 2.45) is 4.99 Å². The summed E-state index contributed by atoms with van der Waals surface area (Å²) in [4.78, 5) is 8.84. The number of nitrogens with zero attached hydrogens (tertiary/aromatic N) is 2. The normalized spacial score (nSPS) is 16.2. The van der Waals surface area contributed by atoms with Crippen LogP contribution in [0.5, 0.6) is 0 Å². The van der Waals surface area contributed by atoms with Gasteiger partial charge in [0.15, 0.2) is 5.96 Å². The van der Waals surface area contributed by atoms with E-state index in [2.05, 4.69) is 46.8 Å². The Hall–Kier alpha value is -2.07. The molecule has 2 aromatic rings. The average molecular weight is 343 g/mol. The average Bonchev–Trinajstić information content (AvgIpc) is 2.57. The monoisotopic (exact) mass is 342 g/mol. The molecule has 5 heteroatoms. The van der Waals surface area contributed by atoms with Crippen molar-refractivity contribution in [1.29, 1.82) is 0 Å². The molecule has 24 heavy (non-hydrogen) atoms. The number of pyridine rings is 1. The van der Waals surface area contributed by atoms with Gasteiger partial charge in [0.05, 0.1) is 0 Å². The van der Waals surface area contributed by atoms with E-state index in [4.69, 9.17) is 16.6 Å². The van der Waals surface area contributed by atoms with Gasteiger partial charge in [-0.05, 0) is 42.5 Å². The summed E-state index contributed by atoms with van der Waals surface area (Å²) in [5.74, 6) is 1.43. The summed E-state index contributed by atoms with van der Waals surface area (Å²) in [5, 5.41) is 7.23. The minimum atomic E-state index is 0.530. The smallest absolute Gasteiger partial charge is 0.191 e. The lowest BCUT2D eigenvalue weighted by atomic mass is 9.78. The highest BCUT2D eigenvalue weighted by Crippen LogP contribution is 2.34. The molecule has 1 heterocycles. The van der Waals surface area contributed by atoms with Crippen LogP contribution in [0.1, 0.15) is 29.5 Å². The Bertz CT molecular complexity index is 697. The van der Waals surface area contributed by atoms with Gasteiger partial charge in [0.2, 0.25) is 0 Å². The van der Waals surface area contributed by atoms with E-state index in [9.17, 15) is 0 Å². The quantitative estimate of drug-likeness (QED) is 0.481. The molecule has 1 unspecified atom stereocenters. The Balaban J connectivity index is 1.50. The molecule has 1 atom stereocenters. The molecule has 1 aliphatic rings. The van der Waals surface area contributed by atoms with E-state index in [1.807, 2.05) is 18.3 Å². The van der Waals surface area contributed by atoms with Gasteiger partial charge in [-0.3, -0.25) is 4.99 Å². The van der Waals surface area contributed by atoms with E-state index in [0.29, 0.717) is 11.1 Å². The maximum absolute atomic E-state index is 5.81. The van der Waals surface area contributed by atoms with E-state index < -0.39 is 0 Å². The molecule has 1 aromatic heterocycles. The zero-order chi connectivity index (χ0) is 16.8. The summed E-state index contributed by atoms with van der Waals surface area (Å²) in [6.07, 6.45) is 3.84. The van der Waals surface area contributed by atoms with Gasteiger partial charge in [0, 0.05) is 31.7 Å². The molecule has 2 N–H and O–H groups in total. The predicted molar refractivity (Wildman–Crippen MR) is 99.8 cm³/mol. The van der Waals surface area contributed by atoms with Gasteiger partial charge in [-0.1, -0.05) is 41.9 Å². The Morgan fingerprint density at radius 2 is 2.12 bits per heavy atom. The maximum Gasteiger partial charge on any atom is 0.191 e. The van der Waals surface area contributed by atoms with Crippen LogP contribution in [0.15, 0.2) is 47.6 Å². The van der Waals surface area contributed by atoms with Crippen molar-refractivity contribution < 1.29 is 0 Å². The zero-order valence-corrected chi connectivity index (χ0v) is 14.7. The van der Waals surface area contributed by atoms with E-state index in [-0.39, 0.29) is 0 Å². The number of aliphatic imine (C=N–C) groups is 1. The lowest BCUT2D eigenvalue weighted by Crippen LogP contribution is -2.39. The van der Waals surface area contributed by atoms with Gasteiger partial charge < -0.3 is 10.6 Å². The number of benzene rings is 1. The van der Waals surface area contributed by atoms with Crippen LogP contribution in [0.2, 0.25) is 5.15 Å². The van der Waals surface area contributed by atoms with Crippen LogP contribution < -0.4 is 10.6 Å². The van der Waals surface area contributed by atoms with E-state index in [1.54, 1.807) is 0 Å². The number of guanidine groups is 1. The highest BCUT2D eigenvalue weighted by Gasteiger charge is 2.24. The fourth-order valence-electron chi connectivity index (χ4n) is 2.95. The highest BCUT2D eigenvalue weighted by atomic mass is 35.5. The van der Waals surface area contributed by atoms with Crippen LogP contribution in [0.4, 0.5) is 0 Å².